The van der Waals surface area contributed by atoms with E-state index in [0.29, 0.717) is 0 Å². The summed E-state index contributed by atoms with van der Waals surface area (Å²) in [4.78, 5) is 0. The summed E-state index contributed by atoms with van der Waals surface area (Å²) in [7, 11) is 0. The van der Waals surface area contributed by atoms with E-state index in [9.17, 15) is 0 Å². The molecule has 0 nitrogen and oxygen atoms in total. The standard InChI is InChI=1S/C8H6ClI/c1-6(10)7-4-2-3-5-8(7)9/h2-5H,1H2. The fraction of sp³-hybridized carbons (Fsp3) is 0. The Kier molecular flexibility index (Phi) is 2.74. The molecule has 1 aromatic carbocycles. The van der Waals surface area contributed by atoms with Crippen molar-refractivity contribution in [1.82, 2.24) is 0 Å². The van der Waals surface area contributed by atoms with E-state index < -0.39 is 0 Å². The number of hydrogen-bond donors (Lipinski definition) is 0. The molecule has 2 heteroatoms. The Morgan fingerprint density at radius 1 is 1.40 bits per heavy atom. The summed E-state index contributed by atoms with van der Waals surface area (Å²) in [5, 5.41) is 0.766. The highest BCUT2D eigenvalue weighted by atomic mass is 127. The Bertz CT molecular complexity index is 255. The molecule has 0 N–H and O–H groups in total. The molecule has 0 heterocycles. The monoisotopic (exact) mass is 264 g/mol. The van der Waals surface area contributed by atoms with Crippen molar-refractivity contribution >= 4 is 37.8 Å². The van der Waals surface area contributed by atoms with Gasteiger partial charge < -0.3 is 0 Å². The molecule has 0 saturated heterocycles. The zero-order chi connectivity index (χ0) is 7.56. The van der Waals surface area contributed by atoms with Crippen molar-refractivity contribution in [2.45, 2.75) is 0 Å². The maximum atomic E-state index is 5.85. The van der Waals surface area contributed by atoms with E-state index in [4.69, 9.17) is 11.6 Å². The third-order valence-electron chi connectivity index (χ3n) is 1.17. The van der Waals surface area contributed by atoms with E-state index in [1.165, 1.54) is 0 Å². The molecule has 0 atom stereocenters. The van der Waals surface area contributed by atoms with E-state index in [2.05, 4.69) is 29.2 Å². The lowest BCUT2D eigenvalue weighted by molar-refractivity contribution is 1.66. The van der Waals surface area contributed by atoms with Crippen molar-refractivity contribution in [2.75, 3.05) is 0 Å². The van der Waals surface area contributed by atoms with Gasteiger partial charge in [-0.25, -0.2) is 0 Å². The first-order valence-electron chi connectivity index (χ1n) is 2.81. The van der Waals surface area contributed by atoms with Gasteiger partial charge >= 0.3 is 0 Å². The summed E-state index contributed by atoms with van der Waals surface area (Å²) >= 11 is 8.01. The van der Waals surface area contributed by atoms with Crippen molar-refractivity contribution in [2.24, 2.45) is 0 Å². The molecule has 0 aliphatic rings. The van der Waals surface area contributed by atoms with Gasteiger partial charge in [-0.15, -0.1) is 0 Å². The Balaban J connectivity index is 3.15. The fourth-order valence-corrected chi connectivity index (χ4v) is 1.56. The van der Waals surface area contributed by atoms with Crippen LogP contribution in [0.3, 0.4) is 0 Å². The van der Waals surface area contributed by atoms with Crippen LogP contribution in [0.2, 0.25) is 5.02 Å². The third-order valence-corrected chi connectivity index (χ3v) is 2.08. The molecule has 52 valence electrons. The summed E-state index contributed by atoms with van der Waals surface area (Å²) in [5.74, 6) is 0. The molecular weight excluding hydrogens is 258 g/mol. The first kappa shape index (κ1) is 8.08. The summed E-state index contributed by atoms with van der Waals surface area (Å²) < 4.78 is 0.975. The molecule has 1 aromatic rings. The largest absolute Gasteiger partial charge is 0.0849 e. The minimum Gasteiger partial charge on any atom is -0.0849 e. The van der Waals surface area contributed by atoms with Gasteiger partial charge in [0.25, 0.3) is 0 Å². The Morgan fingerprint density at radius 3 is 2.40 bits per heavy atom. The van der Waals surface area contributed by atoms with Gasteiger partial charge in [0.1, 0.15) is 0 Å². The number of halogens is 2. The van der Waals surface area contributed by atoms with E-state index in [1.807, 2.05) is 24.3 Å². The zero-order valence-electron chi connectivity index (χ0n) is 5.27. The lowest BCUT2D eigenvalue weighted by Gasteiger charge is -1.98. The predicted molar refractivity (Wildman–Crippen MR) is 54.5 cm³/mol. The van der Waals surface area contributed by atoms with Crippen LogP contribution in [-0.2, 0) is 0 Å². The fourth-order valence-electron chi connectivity index (χ4n) is 0.681. The topological polar surface area (TPSA) is 0 Å². The molecule has 1 rings (SSSR count). The minimum absolute atomic E-state index is 0.766. The molecule has 10 heavy (non-hydrogen) atoms. The number of hydrogen-bond acceptors (Lipinski definition) is 0. The highest BCUT2D eigenvalue weighted by Crippen LogP contribution is 2.26. The highest BCUT2D eigenvalue weighted by Gasteiger charge is 1.97. The average molecular weight is 264 g/mol. The van der Waals surface area contributed by atoms with E-state index in [1.54, 1.807) is 0 Å². The second-order valence-electron chi connectivity index (χ2n) is 1.88. The van der Waals surface area contributed by atoms with Gasteiger partial charge in [-0.2, -0.15) is 0 Å². The maximum Gasteiger partial charge on any atom is 0.0488 e. The molecule has 0 amide bonds. The second-order valence-corrected chi connectivity index (χ2v) is 3.59. The van der Waals surface area contributed by atoms with Crippen LogP contribution in [0, 0.1) is 0 Å². The summed E-state index contributed by atoms with van der Waals surface area (Å²) in [6.45, 7) is 3.79. The Morgan fingerprint density at radius 2 is 2.00 bits per heavy atom. The third kappa shape index (κ3) is 1.73. The van der Waals surface area contributed by atoms with Gasteiger partial charge in [-0.3, -0.25) is 0 Å². The van der Waals surface area contributed by atoms with Crippen molar-refractivity contribution in [1.29, 1.82) is 0 Å². The van der Waals surface area contributed by atoms with Gasteiger partial charge in [-0.05, 0) is 28.7 Å². The average Bonchev–Trinajstić information content (AvgIpc) is 1.88. The predicted octanol–water partition coefficient (Wildman–Crippen LogP) is 3.75. The summed E-state index contributed by atoms with van der Waals surface area (Å²) in [6.07, 6.45) is 0. The second kappa shape index (κ2) is 3.39. The van der Waals surface area contributed by atoms with Crippen LogP contribution in [0.5, 0.6) is 0 Å². The molecule has 0 aromatic heterocycles. The quantitative estimate of drug-likeness (QED) is 0.678. The van der Waals surface area contributed by atoms with Gasteiger partial charge in [0.05, 0.1) is 0 Å². The lowest BCUT2D eigenvalue weighted by atomic mass is 10.2. The highest BCUT2D eigenvalue weighted by molar-refractivity contribution is 14.1. The van der Waals surface area contributed by atoms with Crippen LogP contribution in [0.25, 0.3) is 3.58 Å². The molecule has 0 fully saturated rings. The molecule has 0 saturated carbocycles. The van der Waals surface area contributed by atoms with Gasteiger partial charge in [0.15, 0.2) is 0 Å². The normalized spacial score (nSPS) is 9.40. The SMILES string of the molecule is C=C(I)c1ccccc1Cl. The van der Waals surface area contributed by atoms with E-state index >= 15 is 0 Å². The Labute approximate surface area is 79.0 Å². The summed E-state index contributed by atoms with van der Waals surface area (Å²) in [5.41, 5.74) is 1.02. The molecule has 0 unspecified atom stereocenters. The maximum absolute atomic E-state index is 5.85. The molecular formula is C8H6ClI. The van der Waals surface area contributed by atoms with Crippen LogP contribution < -0.4 is 0 Å². The number of benzene rings is 1. The van der Waals surface area contributed by atoms with Crippen molar-refractivity contribution < 1.29 is 0 Å². The van der Waals surface area contributed by atoms with Crippen LogP contribution in [0.1, 0.15) is 5.56 Å². The number of rotatable bonds is 1. The lowest BCUT2D eigenvalue weighted by Crippen LogP contribution is -1.74. The first-order valence-corrected chi connectivity index (χ1v) is 4.27. The van der Waals surface area contributed by atoms with Crippen LogP contribution in [0.15, 0.2) is 30.8 Å². The minimum atomic E-state index is 0.766. The van der Waals surface area contributed by atoms with Crippen molar-refractivity contribution in [3.63, 3.8) is 0 Å². The molecule has 0 aliphatic heterocycles. The smallest absolute Gasteiger partial charge is 0.0488 e. The van der Waals surface area contributed by atoms with Gasteiger partial charge in [-0.1, -0.05) is 36.4 Å². The molecule has 0 aliphatic carbocycles. The van der Waals surface area contributed by atoms with Gasteiger partial charge in [0.2, 0.25) is 0 Å². The van der Waals surface area contributed by atoms with Crippen molar-refractivity contribution in [3.05, 3.63) is 41.4 Å². The van der Waals surface area contributed by atoms with Crippen LogP contribution in [-0.4, -0.2) is 0 Å². The molecule has 0 spiro atoms. The Hall–Kier alpha value is -0.0200. The molecule has 0 radical (unpaired) electrons. The molecule has 0 bridgehead atoms. The van der Waals surface area contributed by atoms with Gasteiger partial charge in [0, 0.05) is 14.2 Å². The summed E-state index contributed by atoms with van der Waals surface area (Å²) in [6, 6.07) is 7.67. The van der Waals surface area contributed by atoms with Crippen LogP contribution >= 0.6 is 34.2 Å². The van der Waals surface area contributed by atoms with E-state index in [0.717, 1.165) is 14.2 Å². The van der Waals surface area contributed by atoms with E-state index in [-0.39, 0.29) is 0 Å². The van der Waals surface area contributed by atoms with Crippen molar-refractivity contribution in [3.8, 4) is 0 Å². The van der Waals surface area contributed by atoms with Crippen LogP contribution in [0.4, 0.5) is 0 Å². The zero-order valence-corrected chi connectivity index (χ0v) is 8.19. The first-order chi connectivity index (χ1) is 4.72.